The Balaban J connectivity index is 2.81. The normalized spacial score (nSPS) is 12.0. The molecule has 98 valence electrons. The molecule has 6 heteroatoms. The monoisotopic (exact) mass is 257 g/mol. The molecule has 0 aliphatic carbocycles. The zero-order chi connectivity index (χ0) is 13.9. The van der Waals surface area contributed by atoms with Crippen LogP contribution in [0.5, 0.6) is 0 Å². The number of halogens is 2. The van der Waals surface area contributed by atoms with Crippen molar-refractivity contribution in [3.63, 3.8) is 0 Å². The van der Waals surface area contributed by atoms with E-state index in [0.717, 1.165) is 23.1 Å². The van der Waals surface area contributed by atoms with Gasteiger partial charge in [-0.05, 0) is 25.1 Å². The zero-order valence-corrected chi connectivity index (χ0v) is 9.98. The molecule has 1 aromatic rings. The quantitative estimate of drug-likeness (QED) is 0.887. The molecular formula is C12H13F2NO3. The van der Waals surface area contributed by atoms with Crippen molar-refractivity contribution in [2.24, 2.45) is 0 Å². The van der Waals surface area contributed by atoms with Crippen molar-refractivity contribution in [1.82, 2.24) is 4.90 Å². The van der Waals surface area contributed by atoms with Crippen molar-refractivity contribution in [3.8, 4) is 0 Å². The molecule has 1 amide bonds. The van der Waals surface area contributed by atoms with Gasteiger partial charge < -0.3 is 10.0 Å². The largest absolute Gasteiger partial charge is 0.480 e. The van der Waals surface area contributed by atoms with E-state index in [1.165, 1.54) is 14.0 Å². The summed E-state index contributed by atoms with van der Waals surface area (Å²) in [5.41, 5.74) is -0.0931. The maximum Gasteiger partial charge on any atom is 0.326 e. The highest BCUT2D eigenvalue weighted by molar-refractivity contribution is 5.84. The molecule has 1 atom stereocenters. The van der Waals surface area contributed by atoms with Crippen molar-refractivity contribution in [2.45, 2.75) is 19.4 Å². The maximum atomic E-state index is 13.3. The summed E-state index contributed by atoms with van der Waals surface area (Å²) in [7, 11) is 1.30. The molecule has 4 nitrogen and oxygen atoms in total. The van der Waals surface area contributed by atoms with Gasteiger partial charge in [0.15, 0.2) is 0 Å². The summed E-state index contributed by atoms with van der Waals surface area (Å²) in [5.74, 6) is -3.09. The van der Waals surface area contributed by atoms with Gasteiger partial charge in [-0.15, -0.1) is 0 Å². The van der Waals surface area contributed by atoms with Crippen LogP contribution in [0.25, 0.3) is 0 Å². The Kier molecular flexibility index (Phi) is 4.36. The number of carboxylic acids is 1. The summed E-state index contributed by atoms with van der Waals surface area (Å²) < 4.78 is 26.2. The van der Waals surface area contributed by atoms with Crippen LogP contribution < -0.4 is 0 Å². The maximum absolute atomic E-state index is 13.3. The number of nitrogens with zero attached hydrogens (tertiary/aromatic N) is 1. The van der Waals surface area contributed by atoms with Gasteiger partial charge >= 0.3 is 5.97 Å². The minimum absolute atomic E-state index is 0.0931. The number of carboxylic acid groups (broad SMARTS) is 1. The Labute approximate surface area is 103 Å². The van der Waals surface area contributed by atoms with Crippen molar-refractivity contribution in [3.05, 3.63) is 35.4 Å². The van der Waals surface area contributed by atoms with Crippen molar-refractivity contribution >= 4 is 11.9 Å². The summed E-state index contributed by atoms with van der Waals surface area (Å²) in [6, 6.07) is 1.78. The third-order valence-corrected chi connectivity index (χ3v) is 2.68. The minimum Gasteiger partial charge on any atom is -0.480 e. The number of aliphatic carboxylic acids is 1. The highest BCUT2D eigenvalue weighted by Gasteiger charge is 2.22. The molecule has 0 spiro atoms. The average molecular weight is 257 g/mol. The van der Waals surface area contributed by atoms with Gasteiger partial charge in [-0.1, -0.05) is 0 Å². The van der Waals surface area contributed by atoms with E-state index in [1.807, 2.05) is 0 Å². The van der Waals surface area contributed by atoms with Crippen LogP contribution in [0.2, 0.25) is 0 Å². The average Bonchev–Trinajstić information content (AvgIpc) is 2.31. The lowest BCUT2D eigenvalue weighted by molar-refractivity contribution is -0.148. The van der Waals surface area contributed by atoms with Crippen LogP contribution in [0, 0.1) is 11.6 Å². The highest BCUT2D eigenvalue weighted by atomic mass is 19.1. The Morgan fingerprint density at radius 2 is 2.00 bits per heavy atom. The van der Waals surface area contributed by atoms with Crippen molar-refractivity contribution in [2.75, 3.05) is 7.05 Å². The summed E-state index contributed by atoms with van der Waals surface area (Å²) in [4.78, 5) is 23.4. The predicted octanol–water partition coefficient (Wildman–Crippen LogP) is 1.44. The summed E-state index contributed by atoms with van der Waals surface area (Å²) >= 11 is 0. The Morgan fingerprint density at radius 1 is 1.39 bits per heavy atom. The van der Waals surface area contributed by atoms with E-state index in [0.29, 0.717) is 0 Å². The lowest BCUT2D eigenvalue weighted by Crippen LogP contribution is -2.41. The molecule has 0 aromatic heterocycles. The predicted molar refractivity (Wildman–Crippen MR) is 59.9 cm³/mol. The first kappa shape index (κ1) is 14.1. The molecule has 0 radical (unpaired) electrons. The van der Waals surface area contributed by atoms with Crippen LogP contribution >= 0.6 is 0 Å². The summed E-state index contributed by atoms with van der Waals surface area (Å²) in [6.45, 7) is 1.34. The fraction of sp³-hybridized carbons (Fsp3) is 0.333. The van der Waals surface area contributed by atoms with Gasteiger partial charge in [-0.2, -0.15) is 0 Å². The molecule has 0 heterocycles. The van der Waals surface area contributed by atoms with E-state index in [2.05, 4.69) is 0 Å². The van der Waals surface area contributed by atoms with Crippen LogP contribution in [-0.2, 0) is 16.0 Å². The van der Waals surface area contributed by atoms with Crippen molar-refractivity contribution in [1.29, 1.82) is 0 Å². The number of amides is 1. The number of carbonyl (C=O) groups is 2. The van der Waals surface area contributed by atoms with Crippen LogP contribution in [-0.4, -0.2) is 35.0 Å². The number of carbonyl (C=O) groups excluding carboxylic acids is 1. The molecule has 1 aromatic carbocycles. The first-order valence-electron chi connectivity index (χ1n) is 5.25. The van der Waals surface area contributed by atoms with Gasteiger partial charge in [0.05, 0.1) is 6.42 Å². The fourth-order valence-corrected chi connectivity index (χ4v) is 1.35. The van der Waals surface area contributed by atoms with Gasteiger partial charge in [-0.25, -0.2) is 13.6 Å². The molecule has 0 saturated heterocycles. The van der Waals surface area contributed by atoms with Gasteiger partial charge in [0.2, 0.25) is 5.91 Å². The highest BCUT2D eigenvalue weighted by Crippen LogP contribution is 2.12. The first-order valence-corrected chi connectivity index (χ1v) is 5.25. The second-order valence-electron chi connectivity index (χ2n) is 3.93. The fourth-order valence-electron chi connectivity index (χ4n) is 1.35. The third kappa shape index (κ3) is 3.26. The molecule has 1 N–H and O–H groups in total. The van der Waals surface area contributed by atoms with Crippen LogP contribution in [0.1, 0.15) is 12.5 Å². The minimum atomic E-state index is -1.16. The third-order valence-electron chi connectivity index (χ3n) is 2.68. The number of hydrogen-bond donors (Lipinski definition) is 1. The van der Waals surface area contributed by atoms with Gasteiger partial charge in [-0.3, -0.25) is 4.79 Å². The van der Waals surface area contributed by atoms with E-state index in [9.17, 15) is 18.4 Å². The van der Waals surface area contributed by atoms with E-state index >= 15 is 0 Å². The van der Waals surface area contributed by atoms with Crippen LogP contribution in [0.3, 0.4) is 0 Å². The standard InChI is InChI=1S/C12H13F2NO3/c1-7(12(17)18)15(2)11(16)6-8-5-9(13)3-4-10(8)14/h3-5,7H,6H2,1-2H3,(H,17,18)/t7-/m0/s1. The van der Waals surface area contributed by atoms with E-state index in [4.69, 9.17) is 5.11 Å². The zero-order valence-electron chi connectivity index (χ0n) is 9.98. The molecule has 0 bridgehead atoms. The SMILES string of the molecule is C[C@@H](C(=O)O)N(C)C(=O)Cc1cc(F)ccc1F. The molecule has 18 heavy (non-hydrogen) atoms. The molecule has 0 aliphatic heterocycles. The Hall–Kier alpha value is -1.98. The van der Waals surface area contributed by atoms with E-state index < -0.39 is 29.6 Å². The molecule has 0 fully saturated rings. The van der Waals surface area contributed by atoms with Gasteiger partial charge in [0.1, 0.15) is 17.7 Å². The lowest BCUT2D eigenvalue weighted by atomic mass is 10.1. The lowest BCUT2D eigenvalue weighted by Gasteiger charge is -2.21. The molecular weight excluding hydrogens is 244 g/mol. The number of likely N-dealkylation sites (N-methyl/N-ethyl adjacent to an activating group) is 1. The second-order valence-corrected chi connectivity index (χ2v) is 3.93. The Morgan fingerprint density at radius 3 is 2.56 bits per heavy atom. The number of rotatable bonds is 4. The molecule has 1 rings (SSSR count). The summed E-state index contributed by atoms with van der Waals surface area (Å²) in [5, 5.41) is 8.74. The second kappa shape index (κ2) is 5.57. The number of benzene rings is 1. The smallest absolute Gasteiger partial charge is 0.326 e. The summed E-state index contributed by atoms with van der Waals surface area (Å²) in [6.07, 6.45) is -0.377. The first-order chi connectivity index (χ1) is 8.32. The Bertz CT molecular complexity index is 476. The van der Waals surface area contributed by atoms with E-state index in [1.54, 1.807) is 0 Å². The van der Waals surface area contributed by atoms with Gasteiger partial charge in [0.25, 0.3) is 0 Å². The molecule has 0 aliphatic rings. The van der Waals surface area contributed by atoms with Crippen molar-refractivity contribution < 1.29 is 23.5 Å². The topological polar surface area (TPSA) is 57.6 Å². The van der Waals surface area contributed by atoms with E-state index in [-0.39, 0.29) is 12.0 Å². The van der Waals surface area contributed by atoms with Crippen LogP contribution in [0.15, 0.2) is 18.2 Å². The van der Waals surface area contributed by atoms with Crippen LogP contribution in [0.4, 0.5) is 8.78 Å². The molecule has 0 unspecified atom stereocenters. The number of hydrogen-bond acceptors (Lipinski definition) is 2. The molecule has 0 saturated carbocycles. The van der Waals surface area contributed by atoms with Gasteiger partial charge in [0, 0.05) is 12.6 Å².